The van der Waals surface area contributed by atoms with E-state index in [1.54, 1.807) is 18.4 Å². The van der Waals surface area contributed by atoms with Gasteiger partial charge < -0.3 is 10.1 Å². The van der Waals surface area contributed by atoms with E-state index in [1.807, 2.05) is 18.2 Å². The molecule has 1 saturated heterocycles. The zero-order chi connectivity index (χ0) is 17.9. The van der Waals surface area contributed by atoms with Gasteiger partial charge in [0.2, 0.25) is 0 Å². The maximum Gasteiger partial charge on any atom is 0.258 e. The molecular weight excluding hydrogens is 334 g/mol. The van der Waals surface area contributed by atoms with E-state index in [4.69, 9.17) is 9.72 Å². The molecule has 3 rings (SSSR count). The molecule has 0 atom stereocenters. The molecule has 1 aromatic heterocycles. The Morgan fingerprint density at radius 2 is 1.96 bits per heavy atom. The number of hydrogen-bond acceptors (Lipinski definition) is 5. The summed E-state index contributed by atoms with van der Waals surface area (Å²) in [5.41, 5.74) is 1.26. The number of carbonyl (C=O) groups is 1. The normalized spacial score (nSPS) is 16.8. The second-order valence-corrected chi connectivity index (χ2v) is 7.69. The third-order valence-electron chi connectivity index (χ3n) is 4.66. The number of piperidine rings is 1. The minimum absolute atomic E-state index is 0.0971. The number of ether oxygens (including phenoxy) is 1. The lowest BCUT2D eigenvalue weighted by molar-refractivity contribution is -0.140. The number of benzene rings is 1. The van der Waals surface area contributed by atoms with Crippen molar-refractivity contribution in [2.24, 2.45) is 0 Å². The molecule has 2 aromatic rings. The number of anilines is 1. The maximum absolute atomic E-state index is 12.9. The molecule has 5 nitrogen and oxygen atoms in total. The van der Waals surface area contributed by atoms with Crippen molar-refractivity contribution in [3.63, 3.8) is 0 Å². The molecule has 6 heteroatoms. The first kappa shape index (κ1) is 18.0. The Labute approximate surface area is 152 Å². The lowest BCUT2D eigenvalue weighted by Crippen LogP contribution is -2.51. The average molecular weight is 359 g/mol. The summed E-state index contributed by atoms with van der Waals surface area (Å²) < 4.78 is 5.61. The lowest BCUT2D eigenvalue weighted by Gasteiger charge is -2.34. The lowest BCUT2D eigenvalue weighted by atomic mass is 9.91. The molecule has 0 radical (unpaired) electrons. The number of methoxy groups -OCH3 is 1. The Morgan fingerprint density at radius 1 is 1.28 bits per heavy atom. The molecule has 1 aromatic carbocycles. The standard InChI is InChI=1S/C19H25N3O2S/c1-13(2)16-15(14-7-5-4-6-8-14)21-18(25-16)22-17(23)19(24-3)9-11-20-12-10-19/h4-8,13,20H,9-12H2,1-3H3,(H,21,22,23). The van der Waals surface area contributed by atoms with Gasteiger partial charge in [-0.2, -0.15) is 0 Å². The van der Waals surface area contributed by atoms with Crippen molar-refractivity contribution in [2.45, 2.75) is 38.2 Å². The molecule has 1 amide bonds. The molecule has 0 saturated carbocycles. The summed E-state index contributed by atoms with van der Waals surface area (Å²) in [6.07, 6.45) is 1.34. The molecule has 0 bridgehead atoms. The summed E-state index contributed by atoms with van der Waals surface area (Å²) in [5, 5.41) is 6.91. The van der Waals surface area contributed by atoms with Crippen LogP contribution < -0.4 is 10.6 Å². The quantitative estimate of drug-likeness (QED) is 0.855. The van der Waals surface area contributed by atoms with Crippen LogP contribution in [0.5, 0.6) is 0 Å². The molecule has 2 N–H and O–H groups in total. The first-order valence-electron chi connectivity index (χ1n) is 8.69. The number of nitrogens with one attached hydrogen (secondary N) is 2. The largest absolute Gasteiger partial charge is 0.368 e. The van der Waals surface area contributed by atoms with Crippen molar-refractivity contribution in [1.82, 2.24) is 10.3 Å². The van der Waals surface area contributed by atoms with Crippen molar-refractivity contribution in [3.8, 4) is 11.3 Å². The molecule has 1 fully saturated rings. The number of nitrogens with zero attached hydrogens (tertiary/aromatic N) is 1. The molecule has 1 aliphatic heterocycles. The number of carbonyl (C=O) groups excluding carboxylic acids is 1. The number of hydrogen-bond donors (Lipinski definition) is 2. The fraction of sp³-hybridized carbons (Fsp3) is 0.474. The van der Waals surface area contributed by atoms with Crippen molar-refractivity contribution >= 4 is 22.4 Å². The van der Waals surface area contributed by atoms with E-state index in [1.165, 1.54) is 4.88 Å². The van der Waals surface area contributed by atoms with Crippen LogP contribution in [0, 0.1) is 0 Å². The second kappa shape index (κ2) is 7.64. The van der Waals surface area contributed by atoms with E-state index in [0.29, 0.717) is 23.9 Å². The molecule has 134 valence electrons. The number of amides is 1. The molecule has 0 spiro atoms. The van der Waals surface area contributed by atoms with Crippen molar-refractivity contribution in [2.75, 3.05) is 25.5 Å². The maximum atomic E-state index is 12.9. The van der Waals surface area contributed by atoms with Gasteiger partial charge in [-0.15, -0.1) is 11.3 Å². The van der Waals surface area contributed by atoms with Crippen LogP contribution in [-0.4, -0.2) is 36.7 Å². The first-order valence-corrected chi connectivity index (χ1v) is 9.51. The predicted octanol–water partition coefficient (Wildman–Crippen LogP) is 3.64. The van der Waals surface area contributed by atoms with Crippen LogP contribution in [0.4, 0.5) is 5.13 Å². The summed E-state index contributed by atoms with van der Waals surface area (Å²) in [6.45, 7) is 5.86. The SMILES string of the molecule is COC1(C(=O)Nc2nc(-c3ccccc3)c(C(C)C)s2)CCNCC1. The van der Waals surface area contributed by atoms with E-state index in [9.17, 15) is 4.79 Å². The number of rotatable bonds is 5. The molecule has 2 heterocycles. The smallest absolute Gasteiger partial charge is 0.258 e. The van der Waals surface area contributed by atoms with Gasteiger partial charge in [0.15, 0.2) is 5.13 Å². The topological polar surface area (TPSA) is 63.2 Å². The average Bonchev–Trinajstić information content (AvgIpc) is 3.07. The minimum Gasteiger partial charge on any atom is -0.368 e. The van der Waals surface area contributed by atoms with Crippen molar-refractivity contribution in [1.29, 1.82) is 0 Å². The highest BCUT2D eigenvalue weighted by Gasteiger charge is 2.40. The fourth-order valence-corrected chi connectivity index (χ4v) is 4.13. The van der Waals surface area contributed by atoms with Crippen molar-refractivity contribution in [3.05, 3.63) is 35.2 Å². The summed E-state index contributed by atoms with van der Waals surface area (Å²) >= 11 is 1.55. The van der Waals surface area contributed by atoms with Crippen LogP contribution in [0.2, 0.25) is 0 Å². The van der Waals surface area contributed by atoms with Gasteiger partial charge >= 0.3 is 0 Å². The van der Waals surface area contributed by atoms with Crippen LogP contribution in [0.3, 0.4) is 0 Å². The second-order valence-electron chi connectivity index (χ2n) is 6.66. The van der Waals surface area contributed by atoms with Gasteiger partial charge in [0, 0.05) is 17.6 Å². The van der Waals surface area contributed by atoms with Crippen molar-refractivity contribution < 1.29 is 9.53 Å². The van der Waals surface area contributed by atoms with Crippen LogP contribution in [0.25, 0.3) is 11.3 Å². The molecule has 0 aliphatic carbocycles. The first-order chi connectivity index (χ1) is 12.1. The summed E-state index contributed by atoms with van der Waals surface area (Å²) in [4.78, 5) is 18.7. The third kappa shape index (κ3) is 3.76. The molecular formula is C19H25N3O2S. The molecule has 0 unspecified atom stereocenters. The van der Waals surface area contributed by atoms with Gasteiger partial charge in [-0.1, -0.05) is 44.2 Å². The zero-order valence-corrected chi connectivity index (χ0v) is 15.8. The highest BCUT2D eigenvalue weighted by atomic mass is 32.1. The van der Waals surface area contributed by atoms with Gasteiger partial charge in [-0.3, -0.25) is 10.1 Å². The van der Waals surface area contributed by atoms with E-state index >= 15 is 0 Å². The van der Waals surface area contributed by atoms with Crippen LogP contribution in [0.15, 0.2) is 30.3 Å². The Hall–Kier alpha value is -1.76. The van der Waals surface area contributed by atoms with Gasteiger partial charge in [0.05, 0.1) is 5.69 Å². The van der Waals surface area contributed by atoms with Gasteiger partial charge in [-0.05, 0) is 31.8 Å². The van der Waals surface area contributed by atoms with Gasteiger partial charge in [-0.25, -0.2) is 4.98 Å². The summed E-state index contributed by atoms with van der Waals surface area (Å²) in [7, 11) is 1.61. The van der Waals surface area contributed by atoms with Gasteiger partial charge in [0.1, 0.15) is 5.60 Å². The monoisotopic (exact) mass is 359 g/mol. The highest BCUT2D eigenvalue weighted by Crippen LogP contribution is 2.36. The number of thiazole rings is 1. The summed E-state index contributed by atoms with van der Waals surface area (Å²) in [6, 6.07) is 10.1. The van der Waals surface area contributed by atoms with E-state index in [2.05, 4.69) is 36.6 Å². The minimum atomic E-state index is -0.762. The Morgan fingerprint density at radius 3 is 2.56 bits per heavy atom. The van der Waals surface area contributed by atoms with Gasteiger partial charge in [0.25, 0.3) is 5.91 Å². The van der Waals surface area contributed by atoms with E-state index in [0.717, 1.165) is 24.3 Å². The van der Waals surface area contributed by atoms with Crippen LogP contribution in [-0.2, 0) is 9.53 Å². The highest BCUT2D eigenvalue weighted by molar-refractivity contribution is 7.16. The summed E-state index contributed by atoms with van der Waals surface area (Å²) in [5.74, 6) is 0.244. The molecule has 25 heavy (non-hydrogen) atoms. The van der Waals surface area contributed by atoms with Crippen LogP contribution in [0.1, 0.15) is 37.5 Å². The predicted molar refractivity (Wildman–Crippen MR) is 102 cm³/mol. The van der Waals surface area contributed by atoms with Crippen LogP contribution >= 0.6 is 11.3 Å². The third-order valence-corrected chi connectivity index (χ3v) is 5.93. The zero-order valence-electron chi connectivity index (χ0n) is 15.0. The Bertz CT molecular complexity index is 722. The fourth-order valence-electron chi connectivity index (χ4n) is 3.15. The van der Waals surface area contributed by atoms with E-state index in [-0.39, 0.29) is 5.91 Å². The Balaban J connectivity index is 1.87. The number of aromatic nitrogens is 1. The Kier molecular flexibility index (Phi) is 5.51. The molecule has 1 aliphatic rings. The van der Waals surface area contributed by atoms with E-state index < -0.39 is 5.60 Å².